The summed E-state index contributed by atoms with van der Waals surface area (Å²) in [6.45, 7) is 0. The number of nitrogens with zero attached hydrogens (tertiary/aromatic N) is 2. The van der Waals surface area contributed by atoms with Gasteiger partial charge in [-0.1, -0.05) is 48.0 Å². The zero-order valence-electron chi connectivity index (χ0n) is 12.2. The molecule has 0 fully saturated rings. The Bertz CT molecular complexity index is 802. The van der Waals surface area contributed by atoms with Crippen molar-refractivity contribution in [3.8, 4) is 0 Å². The minimum atomic E-state index is -0.453. The number of benzene rings is 2. The first-order chi connectivity index (χ1) is 11.2. The van der Waals surface area contributed by atoms with E-state index in [-0.39, 0.29) is 5.89 Å². The van der Waals surface area contributed by atoms with Gasteiger partial charge in [0.1, 0.15) is 0 Å². The second-order valence-corrected chi connectivity index (χ2v) is 5.39. The molecule has 6 heteroatoms. The van der Waals surface area contributed by atoms with Crippen LogP contribution in [0.1, 0.15) is 22.1 Å². The van der Waals surface area contributed by atoms with E-state index in [1.54, 1.807) is 24.3 Å². The number of carbonyl (C=O) groups is 1. The van der Waals surface area contributed by atoms with Crippen molar-refractivity contribution in [2.45, 2.75) is 12.8 Å². The van der Waals surface area contributed by atoms with Crippen LogP contribution in [0, 0.1) is 0 Å². The summed E-state index contributed by atoms with van der Waals surface area (Å²) in [7, 11) is 0. The second-order valence-electron chi connectivity index (χ2n) is 4.95. The third-order valence-electron chi connectivity index (χ3n) is 3.21. The van der Waals surface area contributed by atoms with Crippen molar-refractivity contribution in [2.75, 3.05) is 5.32 Å². The van der Waals surface area contributed by atoms with E-state index < -0.39 is 5.91 Å². The van der Waals surface area contributed by atoms with Crippen LogP contribution in [0.5, 0.6) is 0 Å². The van der Waals surface area contributed by atoms with Crippen molar-refractivity contribution in [1.29, 1.82) is 0 Å². The summed E-state index contributed by atoms with van der Waals surface area (Å²) < 4.78 is 5.40. The highest BCUT2D eigenvalue weighted by Gasteiger charge is 2.15. The average molecular weight is 328 g/mol. The molecule has 2 aromatic carbocycles. The lowest BCUT2D eigenvalue weighted by atomic mass is 10.1. The van der Waals surface area contributed by atoms with E-state index in [1.807, 2.05) is 30.3 Å². The van der Waals surface area contributed by atoms with Gasteiger partial charge >= 0.3 is 11.8 Å². The third kappa shape index (κ3) is 4.17. The lowest BCUT2D eigenvalue weighted by molar-refractivity contribution is 0.0988. The molecule has 0 aliphatic carbocycles. The van der Waals surface area contributed by atoms with Crippen LogP contribution in [0.2, 0.25) is 5.02 Å². The number of hydrogen-bond acceptors (Lipinski definition) is 4. The van der Waals surface area contributed by atoms with Crippen LogP contribution in [0.3, 0.4) is 0 Å². The molecule has 3 aromatic rings. The van der Waals surface area contributed by atoms with E-state index in [9.17, 15) is 4.79 Å². The van der Waals surface area contributed by atoms with Gasteiger partial charge in [0, 0.05) is 17.1 Å². The standard InChI is InChI=1S/C17H14ClN3O2/c18-13-7-4-8-14(11-13)19-16(22)17-21-20-15(23-17)10-9-12-5-2-1-3-6-12/h1-8,11H,9-10H2,(H,19,22). The van der Waals surface area contributed by atoms with Gasteiger partial charge in [-0.15, -0.1) is 10.2 Å². The SMILES string of the molecule is O=C(Nc1cccc(Cl)c1)c1nnc(CCc2ccccc2)o1. The first-order valence-corrected chi connectivity index (χ1v) is 7.52. The number of aryl methyl sites for hydroxylation is 2. The Morgan fingerprint density at radius 1 is 1.04 bits per heavy atom. The Hall–Kier alpha value is -2.66. The highest BCUT2D eigenvalue weighted by Crippen LogP contribution is 2.16. The molecule has 0 saturated heterocycles. The summed E-state index contributed by atoms with van der Waals surface area (Å²) in [5, 5.41) is 10.9. The molecule has 1 amide bonds. The van der Waals surface area contributed by atoms with Crippen molar-refractivity contribution in [3.05, 3.63) is 77.0 Å². The minimum absolute atomic E-state index is 0.0620. The van der Waals surface area contributed by atoms with Crippen molar-refractivity contribution in [3.63, 3.8) is 0 Å². The topological polar surface area (TPSA) is 68.0 Å². The van der Waals surface area contributed by atoms with Crippen LogP contribution >= 0.6 is 11.6 Å². The average Bonchev–Trinajstić information content (AvgIpc) is 3.03. The number of halogens is 1. The summed E-state index contributed by atoms with van der Waals surface area (Å²) >= 11 is 5.88. The molecule has 0 atom stereocenters. The fourth-order valence-electron chi connectivity index (χ4n) is 2.09. The third-order valence-corrected chi connectivity index (χ3v) is 3.45. The molecule has 1 N–H and O–H groups in total. The van der Waals surface area contributed by atoms with Crippen LogP contribution in [0.15, 0.2) is 59.0 Å². The quantitative estimate of drug-likeness (QED) is 0.774. The van der Waals surface area contributed by atoms with E-state index in [2.05, 4.69) is 15.5 Å². The van der Waals surface area contributed by atoms with Gasteiger partial charge in [0.2, 0.25) is 5.89 Å². The Labute approximate surface area is 138 Å². The van der Waals surface area contributed by atoms with Gasteiger partial charge in [-0.3, -0.25) is 4.79 Å². The molecular weight excluding hydrogens is 314 g/mol. The molecule has 0 spiro atoms. The van der Waals surface area contributed by atoms with E-state index in [0.717, 1.165) is 6.42 Å². The molecule has 0 saturated carbocycles. The lowest BCUT2D eigenvalue weighted by Crippen LogP contribution is -2.12. The van der Waals surface area contributed by atoms with Crippen LogP contribution in [-0.4, -0.2) is 16.1 Å². The second kappa shape index (κ2) is 7.07. The van der Waals surface area contributed by atoms with Crippen molar-refractivity contribution in [1.82, 2.24) is 10.2 Å². The highest BCUT2D eigenvalue weighted by molar-refractivity contribution is 6.30. The van der Waals surface area contributed by atoms with Gasteiger partial charge in [-0.05, 0) is 30.2 Å². The first kappa shape index (κ1) is 15.2. The van der Waals surface area contributed by atoms with E-state index in [0.29, 0.717) is 23.0 Å². The molecular formula is C17H14ClN3O2. The zero-order chi connectivity index (χ0) is 16.1. The molecule has 0 unspecified atom stereocenters. The molecule has 23 heavy (non-hydrogen) atoms. The number of anilines is 1. The van der Waals surface area contributed by atoms with E-state index in [4.69, 9.17) is 16.0 Å². The molecule has 0 radical (unpaired) electrons. The normalized spacial score (nSPS) is 10.5. The smallest absolute Gasteiger partial charge is 0.313 e. The molecule has 0 aliphatic rings. The maximum absolute atomic E-state index is 12.1. The van der Waals surface area contributed by atoms with Crippen LogP contribution < -0.4 is 5.32 Å². The lowest BCUT2D eigenvalue weighted by Gasteiger charge is -2.01. The van der Waals surface area contributed by atoms with Gasteiger partial charge < -0.3 is 9.73 Å². The molecule has 116 valence electrons. The fraction of sp³-hybridized carbons (Fsp3) is 0.118. The maximum Gasteiger partial charge on any atom is 0.313 e. The number of rotatable bonds is 5. The monoisotopic (exact) mass is 327 g/mol. The fourth-order valence-corrected chi connectivity index (χ4v) is 2.28. The zero-order valence-corrected chi connectivity index (χ0v) is 13.0. The van der Waals surface area contributed by atoms with Crippen molar-refractivity contribution in [2.24, 2.45) is 0 Å². The van der Waals surface area contributed by atoms with Crippen molar-refractivity contribution < 1.29 is 9.21 Å². The van der Waals surface area contributed by atoms with Gasteiger partial charge in [0.05, 0.1) is 0 Å². The van der Waals surface area contributed by atoms with Gasteiger partial charge in [-0.25, -0.2) is 0 Å². The largest absolute Gasteiger partial charge is 0.417 e. The molecule has 3 rings (SSSR count). The summed E-state index contributed by atoms with van der Waals surface area (Å²) in [6.07, 6.45) is 1.36. The maximum atomic E-state index is 12.1. The Kier molecular flexibility index (Phi) is 4.68. The molecule has 1 aromatic heterocycles. The highest BCUT2D eigenvalue weighted by atomic mass is 35.5. The Morgan fingerprint density at radius 3 is 2.65 bits per heavy atom. The molecule has 1 heterocycles. The first-order valence-electron chi connectivity index (χ1n) is 7.14. The van der Waals surface area contributed by atoms with Crippen LogP contribution in [0.25, 0.3) is 0 Å². The molecule has 0 bridgehead atoms. The van der Waals surface area contributed by atoms with E-state index in [1.165, 1.54) is 5.56 Å². The van der Waals surface area contributed by atoms with Crippen LogP contribution in [0.4, 0.5) is 5.69 Å². The summed E-state index contributed by atoms with van der Waals surface area (Å²) in [5.74, 6) is -0.0798. The summed E-state index contributed by atoms with van der Waals surface area (Å²) in [6, 6.07) is 16.8. The Balaban J connectivity index is 1.61. The van der Waals surface area contributed by atoms with Gasteiger partial charge in [0.15, 0.2) is 0 Å². The summed E-state index contributed by atoms with van der Waals surface area (Å²) in [4.78, 5) is 12.1. The summed E-state index contributed by atoms with van der Waals surface area (Å²) in [5.41, 5.74) is 1.75. The number of hydrogen-bond donors (Lipinski definition) is 1. The predicted octanol–water partition coefficient (Wildman–Crippen LogP) is 3.76. The van der Waals surface area contributed by atoms with E-state index >= 15 is 0 Å². The number of nitrogens with one attached hydrogen (secondary N) is 1. The number of amides is 1. The number of aromatic nitrogens is 2. The number of carbonyl (C=O) groups excluding carboxylic acids is 1. The van der Waals surface area contributed by atoms with Crippen LogP contribution in [-0.2, 0) is 12.8 Å². The van der Waals surface area contributed by atoms with Gasteiger partial charge in [-0.2, -0.15) is 0 Å². The molecule has 0 aliphatic heterocycles. The molecule has 5 nitrogen and oxygen atoms in total. The van der Waals surface area contributed by atoms with Crippen molar-refractivity contribution >= 4 is 23.2 Å². The Morgan fingerprint density at radius 2 is 1.87 bits per heavy atom. The van der Waals surface area contributed by atoms with Gasteiger partial charge in [0.25, 0.3) is 0 Å². The predicted molar refractivity (Wildman–Crippen MR) is 87.6 cm³/mol. The minimum Gasteiger partial charge on any atom is -0.417 e.